The van der Waals surface area contributed by atoms with Gasteiger partial charge >= 0.3 is 5.97 Å². The van der Waals surface area contributed by atoms with Crippen LogP contribution in [0.25, 0.3) is 38.3 Å². The lowest BCUT2D eigenvalue weighted by molar-refractivity contribution is -0.113. The molecule has 0 saturated carbocycles. The third kappa shape index (κ3) is 3.76. The van der Waals surface area contributed by atoms with E-state index in [4.69, 9.17) is 20.8 Å². The summed E-state index contributed by atoms with van der Waals surface area (Å²) in [5, 5.41) is 11.9. The van der Waals surface area contributed by atoms with Gasteiger partial charge in [-0.15, -0.1) is 0 Å². The number of aromatic carboxylic acids is 1. The summed E-state index contributed by atoms with van der Waals surface area (Å²) in [7, 11) is 0. The molecule has 0 fully saturated rings. The van der Waals surface area contributed by atoms with E-state index in [9.17, 15) is 14.7 Å². The van der Waals surface area contributed by atoms with Gasteiger partial charge in [0.25, 0.3) is 0 Å². The number of ketones is 1. The minimum absolute atomic E-state index is 0.0317. The molecule has 0 aliphatic heterocycles. The Morgan fingerprint density at radius 3 is 2.87 bits per heavy atom. The van der Waals surface area contributed by atoms with Crippen LogP contribution in [0.5, 0.6) is 5.75 Å². The van der Waals surface area contributed by atoms with Crippen molar-refractivity contribution in [3.05, 3.63) is 88.7 Å². The van der Waals surface area contributed by atoms with E-state index in [-0.39, 0.29) is 57.2 Å². The first-order chi connectivity index (χ1) is 18.4. The van der Waals surface area contributed by atoms with Crippen molar-refractivity contribution < 1.29 is 28.2 Å². The second-order valence-corrected chi connectivity index (χ2v) is 9.25. The third-order valence-electron chi connectivity index (χ3n) is 6.65. The number of allylic oxidation sites excluding steroid dienone is 4. The zero-order valence-electron chi connectivity index (χ0n) is 20.1. The van der Waals surface area contributed by atoms with Crippen molar-refractivity contribution in [2.45, 2.75) is 19.9 Å². The van der Waals surface area contributed by atoms with Gasteiger partial charge < -0.3 is 18.8 Å². The number of furan rings is 1. The summed E-state index contributed by atoms with van der Waals surface area (Å²) in [5.74, 6) is -1.43. The largest absolute Gasteiger partial charge is 0.494 e. The van der Waals surface area contributed by atoms with Gasteiger partial charge in [-0.3, -0.25) is 4.79 Å². The van der Waals surface area contributed by atoms with E-state index in [2.05, 4.69) is 4.98 Å². The SMILES string of the molecule is CCOc1ccc2cc(Cn3c(C(=O)O)c(C4=CC=CCC4=O)c4c5occc5c(F)cc43)c(Cl)nc2c1. The van der Waals surface area contributed by atoms with E-state index < -0.39 is 11.8 Å². The van der Waals surface area contributed by atoms with Crippen LogP contribution in [0.3, 0.4) is 0 Å². The number of carbonyl (C=O) groups is 2. The van der Waals surface area contributed by atoms with Crippen LogP contribution in [0.1, 0.15) is 35.0 Å². The lowest BCUT2D eigenvalue weighted by Crippen LogP contribution is -2.14. The molecule has 190 valence electrons. The van der Waals surface area contributed by atoms with E-state index in [1.807, 2.05) is 25.1 Å². The number of ether oxygens (including phenoxy) is 1. The fourth-order valence-electron chi connectivity index (χ4n) is 5.02. The van der Waals surface area contributed by atoms with Gasteiger partial charge in [0.05, 0.1) is 41.2 Å². The van der Waals surface area contributed by atoms with Crippen molar-refractivity contribution in [3.8, 4) is 5.75 Å². The maximum Gasteiger partial charge on any atom is 0.353 e. The first kappa shape index (κ1) is 23.9. The monoisotopic (exact) mass is 530 g/mol. The molecule has 9 heteroatoms. The second kappa shape index (κ2) is 9.15. The number of nitrogens with zero attached hydrogens (tertiary/aromatic N) is 2. The van der Waals surface area contributed by atoms with Crippen LogP contribution in [-0.2, 0) is 11.3 Å². The average molecular weight is 531 g/mol. The normalized spacial score (nSPS) is 13.6. The second-order valence-electron chi connectivity index (χ2n) is 8.89. The van der Waals surface area contributed by atoms with E-state index in [1.165, 1.54) is 23.0 Å². The molecule has 5 aromatic rings. The Labute approximate surface area is 220 Å². The molecule has 0 bridgehead atoms. The van der Waals surface area contributed by atoms with Crippen molar-refractivity contribution in [3.63, 3.8) is 0 Å². The number of carboxylic acid groups (broad SMARTS) is 1. The van der Waals surface area contributed by atoms with Gasteiger partial charge in [0, 0.05) is 34.6 Å². The number of carbonyl (C=O) groups excluding carboxylic acids is 1. The van der Waals surface area contributed by atoms with Gasteiger partial charge in [0.2, 0.25) is 0 Å². The third-order valence-corrected chi connectivity index (χ3v) is 6.97. The first-order valence-corrected chi connectivity index (χ1v) is 12.3. The molecule has 0 atom stereocenters. The molecular formula is C29H20ClFN2O5. The number of hydrogen-bond donors (Lipinski definition) is 1. The molecule has 0 saturated heterocycles. The fraction of sp³-hybridized carbons (Fsp3) is 0.138. The Bertz CT molecular complexity index is 1860. The van der Waals surface area contributed by atoms with Crippen molar-refractivity contribution >= 4 is 61.7 Å². The smallest absolute Gasteiger partial charge is 0.353 e. The maximum atomic E-state index is 15.2. The lowest BCUT2D eigenvalue weighted by atomic mass is 9.93. The number of Topliss-reactive ketones (excluding diaryl/α,β-unsaturated/α-hetero) is 1. The summed E-state index contributed by atoms with van der Waals surface area (Å²) in [5.41, 5.74) is 1.83. The Kier molecular flexibility index (Phi) is 5.76. The summed E-state index contributed by atoms with van der Waals surface area (Å²) in [6.45, 7) is 2.36. The molecule has 38 heavy (non-hydrogen) atoms. The van der Waals surface area contributed by atoms with Crippen molar-refractivity contribution in [2.75, 3.05) is 6.61 Å². The molecule has 1 aliphatic rings. The zero-order valence-corrected chi connectivity index (χ0v) is 20.9. The highest BCUT2D eigenvalue weighted by atomic mass is 35.5. The lowest BCUT2D eigenvalue weighted by Gasteiger charge is -2.13. The topological polar surface area (TPSA) is 94.6 Å². The van der Waals surface area contributed by atoms with Gasteiger partial charge in [0.15, 0.2) is 5.78 Å². The molecule has 7 nitrogen and oxygen atoms in total. The number of benzene rings is 2. The van der Waals surface area contributed by atoms with Crippen LogP contribution >= 0.6 is 11.6 Å². The van der Waals surface area contributed by atoms with E-state index in [1.54, 1.807) is 24.3 Å². The summed E-state index contributed by atoms with van der Waals surface area (Å²) in [6, 6.07) is 9.99. The van der Waals surface area contributed by atoms with Crippen LogP contribution in [0.15, 0.2) is 65.3 Å². The molecular weight excluding hydrogens is 511 g/mol. The van der Waals surface area contributed by atoms with Crippen LogP contribution in [0.2, 0.25) is 5.15 Å². The zero-order chi connectivity index (χ0) is 26.6. The molecule has 6 rings (SSSR count). The Morgan fingerprint density at radius 1 is 1.26 bits per heavy atom. The number of rotatable bonds is 6. The van der Waals surface area contributed by atoms with Gasteiger partial charge in [-0.05, 0) is 37.3 Å². The Hall–Kier alpha value is -4.43. The van der Waals surface area contributed by atoms with Crippen molar-refractivity contribution in [1.29, 1.82) is 0 Å². The summed E-state index contributed by atoms with van der Waals surface area (Å²) >= 11 is 6.57. The highest BCUT2D eigenvalue weighted by molar-refractivity contribution is 6.31. The van der Waals surface area contributed by atoms with Gasteiger partial charge in [-0.1, -0.05) is 29.8 Å². The quantitative estimate of drug-likeness (QED) is 0.243. The van der Waals surface area contributed by atoms with Crippen LogP contribution < -0.4 is 4.74 Å². The minimum Gasteiger partial charge on any atom is -0.494 e. The predicted octanol–water partition coefficient (Wildman–Crippen LogP) is 6.79. The molecule has 3 heterocycles. The molecule has 0 amide bonds. The number of pyridine rings is 1. The molecule has 0 spiro atoms. The molecule has 1 N–H and O–H groups in total. The molecule has 0 radical (unpaired) electrons. The van der Waals surface area contributed by atoms with Gasteiger partial charge in [0.1, 0.15) is 28.0 Å². The number of aromatic nitrogens is 2. The first-order valence-electron chi connectivity index (χ1n) is 11.9. The predicted molar refractivity (Wildman–Crippen MR) is 142 cm³/mol. The van der Waals surface area contributed by atoms with Gasteiger partial charge in [-0.25, -0.2) is 14.2 Å². The van der Waals surface area contributed by atoms with E-state index in [0.29, 0.717) is 28.8 Å². The molecule has 2 aromatic carbocycles. The van der Waals surface area contributed by atoms with Crippen molar-refractivity contribution in [1.82, 2.24) is 9.55 Å². The Morgan fingerprint density at radius 2 is 2.11 bits per heavy atom. The average Bonchev–Trinajstić information content (AvgIpc) is 3.49. The maximum absolute atomic E-state index is 15.2. The van der Waals surface area contributed by atoms with Crippen molar-refractivity contribution in [2.24, 2.45) is 0 Å². The van der Waals surface area contributed by atoms with Crippen LogP contribution in [0, 0.1) is 5.82 Å². The molecule has 0 unspecified atom stereocenters. The van der Waals surface area contributed by atoms with Crippen LogP contribution in [-0.4, -0.2) is 33.0 Å². The highest BCUT2D eigenvalue weighted by Crippen LogP contribution is 2.40. The fourth-order valence-corrected chi connectivity index (χ4v) is 5.23. The number of carboxylic acids is 1. The number of halogens is 2. The van der Waals surface area contributed by atoms with Crippen LogP contribution in [0.4, 0.5) is 4.39 Å². The summed E-state index contributed by atoms with van der Waals surface area (Å²) in [4.78, 5) is 30.2. The van der Waals surface area contributed by atoms with E-state index >= 15 is 4.39 Å². The standard InChI is InChI=1S/C29H20ClFN2O5/c1-2-37-17-8-7-15-11-16(28(30)32-21(15)12-17)14-33-22-13-20(31)18-9-10-38-27(18)25(22)24(26(33)29(35)36)19-5-3-4-6-23(19)34/h3-5,7-13H,2,6,14H2,1H3,(H,35,36). The highest BCUT2D eigenvalue weighted by Gasteiger charge is 2.31. The number of fused-ring (bicyclic) bond motifs is 4. The molecule has 3 aromatic heterocycles. The summed E-state index contributed by atoms with van der Waals surface area (Å²) < 4.78 is 27.8. The summed E-state index contributed by atoms with van der Waals surface area (Å²) in [6.07, 6.45) is 6.45. The Balaban J connectivity index is 1.63. The van der Waals surface area contributed by atoms with E-state index in [0.717, 1.165) is 5.39 Å². The van der Waals surface area contributed by atoms with Gasteiger partial charge in [-0.2, -0.15) is 0 Å². The molecule has 1 aliphatic carbocycles. The number of hydrogen-bond acceptors (Lipinski definition) is 5. The minimum atomic E-state index is -1.27.